The highest BCUT2D eigenvalue weighted by molar-refractivity contribution is 6.34. The Morgan fingerprint density at radius 1 is 1.11 bits per heavy atom. The van der Waals surface area contributed by atoms with E-state index in [2.05, 4.69) is 20.7 Å². The smallest absolute Gasteiger partial charge is 0.392 e. The van der Waals surface area contributed by atoms with Crippen molar-refractivity contribution in [3.63, 3.8) is 0 Å². The van der Waals surface area contributed by atoms with Gasteiger partial charge >= 0.3 is 6.18 Å². The third kappa shape index (κ3) is 5.90. The van der Waals surface area contributed by atoms with Crippen LogP contribution in [0.3, 0.4) is 0 Å². The molecule has 2 aromatic heterocycles. The molecule has 4 heterocycles. The van der Waals surface area contributed by atoms with E-state index < -0.39 is 29.9 Å². The summed E-state index contributed by atoms with van der Waals surface area (Å²) in [6.45, 7) is 1.70. The summed E-state index contributed by atoms with van der Waals surface area (Å²) in [7, 11) is 1.45. The molecular weight excluding hydrogens is 605 g/mol. The molecule has 3 amide bonds. The molecule has 6 rings (SSSR count). The van der Waals surface area contributed by atoms with Crippen molar-refractivity contribution in [2.75, 3.05) is 38.0 Å². The van der Waals surface area contributed by atoms with Crippen LogP contribution in [-0.2, 0) is 18.0 Å². The Labute approximate surface area is 254 Å². The largest absolute Gasteiger partial charge is 0.435 e. The normalized spacial score (nSPS) is 20.7. The highest BCUT2D eigenvalue weighted by atomic mass is 35.5. The monoisotopic (exact) mass is 634 g/mol. The number of nitrogens with zero attached hydrogens (tertiary/aromatic N) is 6. The number of piperazine rings is 1. The number of hydrogen-bond acceptors (Lipinski definition) is 7. The second-order valence-corrected chi connectivity index (χ2v) is 11.7. The molecule has 12 nitrogen and oxygen atoms in total. The van der Waals surface area contributed by atoms with Crippen molar-refractivity contribution in [1.82, 2.24) is 34.4 Å². The third-order valence-corrected chi connectivity index (χ3v) is 8.44. The van der Waals surface area contributed by atoms with Gasteiger partial charge < -0.3 is 30.1 Å². The molecule has 1 saturated carbocycles. The van der Waals surface area contributed by atoms with E-state index in [1.54, 1.807) is 9.80 Å². The summed E-state index contributed by atoms with van der Waals surface area (Å²) in [5.41, 5.74) is -0.627. The second-order valence-electron chi connectivity index (χ2n) is 11.2. The van der Waals surface area contributed by atoms with E-state index in [4.69, 9.17) is 11.6 Å². The molecule has 0 unspecified atom stereocenters. The SMILES string of the molecule is Cn1c(-c2cn(C3CC3)nc2C(F)(F)F)cnc1C(=O)Nc1ccc(C(=O)N2CCN(C(=O)[C@H]3C[C@H](O)CN3)CC2)c(Cl)c1. The lowest BCUT2D eigenvalue weighted by Crippen LogP contribution is -2.54. The molecule has 0 bridgehead atoms. The van der Waals surface area contributed by atoms with Crippen molar-refractivity contribution in [1.29, 1.82) is 0 Å². The Morgan fingerprint density at radius 3 is 2.43 bits per heavy atom. The van der Waals surface area contributed by atoms with Crippen LogP contribution in [0.25, 0.3) is 11.3 Å². The summed E-state index contributed by atoms with van der Waals surface area (Å²) in [5.74, 6) is -1.23. The second kappa shape index (κ2) is 11.5. The van der Waals surface area contributed by atoms with E-state index >= 15 is 0 Å². The zero-order chi connectivity index (χ0) is 31.3. The van der Waals surface area contributed by atoms with E-state index in [9.17, 15) is 32.7 Å². The summed E-state index contributed by atoms with van der Waals surface area (Å²) >= 11 is 6.43. The van der Waals surface area contributed by atoms with Gasteiger partial charge in [-0.2, -0.15) is 18.3 Å². The van der Waals surface area contributed by atoms with Gasteiger partial charge in [-0.1, -0.05) is 11.6 Å². The first kappa shape index (κ1) is 30.1. The van der Waals surface area contributed by atoms with Crippen LogP contribution in [0.15, 0.2) is 30.6 Å². The van der Waals surface area contributed by atoms with Crippen LogP contribution < -0.4 is 10.6 Å². The molecule has 3 aliphatic rings. The van der Waals surface area contributed by atoms with Crippen molar-refractivity contribution in [2.24, 2.45) is 7.05 Å². The zero-order valence-electron chi connectivity index (χ0n) is 23.6. The highest BCUT2D eigenvalue weighted by Crippen LogP contribution is 2.41. The van der Waals surface area contributed by atoms with Gasteiger partial charge in [0.05, 0.1) is 46.2 Å². The number of rotatable bonds is 6. The summed E-state index contributed by atoms with van der Waals surface area (Å²) in [6, 6.07) is 3.90. The van der Waals surface area contributed by atoms with Crippen molar-refractivity contribution >= 4 is 35.0 Å². The number of β-amino-alcohol motifs (C(OH)–C–C–N with tert-alkyl or cyclic N) is 1. The molecule has 2 aliphatic heterocycles. The highest BCUT2D eigenvalue weighted by Gasteiger charge is 2.40. The molecule has 0 radical (unpaired) electrons. The lowest BCUT2D eigenvalue weighted by atomic mass is 10.1. The summed E-state index contributed by atoms with van der Waals surface area (Å²) in [4.78, 5) is 46.3. The van der Waals surface area contributed by atoms with Gasteiger partial charge in [-0.25, -0.2) is 4.98 Å². The number of hydrogen-bond donors (Lipinski definition) is 3. The van der Waals surface area contributed by atoms with Gasteiger partial charge in [-0.05, 0) is 37.5 Å². The minimum Gasteiger partial charge on any atom is -0.392 e. The quantitative estimate of drug-likeness (QED) is 0.379. The number of aliphatic hydroxyl groups excluding tert-OH is 1. The Kier molecular flexibility index (Phi) is 7.88. The van der Waals surface area contributed by atoms with Crippen LogP contribution in [0, 0.1) is 0 Å². The van der Waals surface area contributed by atoms with Crippen LogP contribution in [0.1, 0.15) is 52.0 Å². The van der Waals surface area contributed by atoms with Gasteiger partial charge in [0.15, 0.2) is 11.5 Å². The van der Waals surface area contributed by atoms with Crippen molar-refractivity contribution in [3.8, 4) is 11.3 Å². The van der Waals surface area contributed by atoms with Gasteiger partial charge in [-0.15, -0.1) is 0 Å². The van der Waals surface area contributed by atoms with Crippen LogP contribution in [0.5, 0.6) is 0 Å². The van der Waals surface area contributed by atoms with Crippen molar-refractivity contribution in [2.45, 2.75) is 43.6 Å². The van der Waals surface area contributed by atoms with Crippen LogP contribution in [-0.4, -0.2) is 96.8 Å². The first-order valence-electron chi connectivity index (χ1n) is 14.2. The van der Waals surface area contributed by atoms with Gasteiger partial charge in [0.2, 0.25) is 5.91 Å². The van der Waals surface area contributed by atoms with Crippen molar-refractivity contribution < 1.29 is 32.7 Å². The molecule has 16 heteroatoms. The first-order chi connectivity index (χ1) is 20.9. The number of imidazole rings is 1. The lowest BCUT2D eigenvalue weighted by molar-refractivity contribution is -0.141. The predicted molar refractivity (Wildman–Crippen MR) is 152 cm³/mol. The zero-order valence-corrected chi connectivity index (χ0v) is 24.4. The fourth-order valence-electron chi connectivity index (χ4n) is 5.56. The molecule has 0 spiro atoms. The molecule has 2 saturated heterocycles. The summed E-state index contributed by atoms with van der Waals surface area (Å²) < 4.78 is 43.8. The predicted octanol–water partition coefficient (Wildman–Crippen LogP) is 2.55. The molecule has 3 fully saturated rings. The fraction of sp³-hybridized carbons (Fsp3) is 0.464. The maximum atomic E-state index is 13.7. The number of anilines is 1. The minimum absolute atomic E-state index is 0.0655. The number of halogens is 4. The molecule has 234 valence electrons. The van der Waals surface area contributed by atoms with E-state index in [-0.39, 0.29) is 51.2 Å². The molecule has 1 aromatic carbocycles. The first-order valence-corrected chi connectivity index (χ1v) is 14.6. The summed E-state index contributed by atoms with van der Waals surface area (Å²) in [5, 5.41) is 19.2. The van der Waals surface area contributed by atoms with E-state index in [0.717, 1.165) is 12.8 Å². The number of carbonyl (C=O) groups is 3. The number of aromatic nitrogens is 4. The number of alkyl halides is 3. The third-order valence-electron chi connectivity index (χ3n) is 8.13. The molecule has 3 aromatic rings. The molecule has 3 N–H and O–H groups in total. The molecule has 2 atom stereocenters. The number of aliphatic hydroxyl groups is 1. The Morgan fingerprint density at radius 2 is 1.82 bits per heavy atom. The van der Waals surface area contributed by atoms with E-state index in [1.807, 2.05) is 0 Å². The minimum atomic E-state index is -4.68. The topological polar surface area (TPSA) is 138 Å². The average molecular weight is 635 g/mol. The van der Waals surface area contributed by atoms with Crippen LogP contribution in [0.2, 0.25) is 5.02 Å². The van der Waals surface area contributed by atoms with Gasteiger partial charge in [0.1, 0.15) is 0 Å². The fourth-order valence-corrected chi connectivity index (χ4v) is 5.83. The Balaban J connectivity index is 1.10. The van der Waals surface area contributed by atoms with Crippen molar-refractivity contribution in [3.05, 3.63) is 52.7 Å². The standard InChI is InChI=1S/C28H30ClF3N8O4/c1-37-22(19-14-40(16-3-4-16)36-23(19)28(30,31)32)13-34-24(37)25(42)35-15-2-5-18(20(29)10-15)26(43)38-6-8-39(9-7-38)27(44)21-11-17(41)12-33-21/h2,5,10,13-14,16-17,21,33,41H,3-4,6-9,11-12H2,1H3,(H,35,42)/t17-,21+/m0/s1. The Bertz CT molecular complexity index is 1610. The summed E-state index contributed by atoms with van der Waals surface area (Å²) in [6.07, 6.45) is -0.807. The maximum absolute atomic E-state index is 13.7. The molecular formula is C28H30ClF3N8O4. The number of amides is 3. The average Bonchev–Trinajstić information content (AvgIpc) is 3.38. The lowest BCUT2D eigenvalue weighted by Gasteiger charge is -2.36. The molecule has 44 heavy (non-hydrogen) atoms. The Hall–Kier alpha value is -3.95. The maximum Gasteiger partial charge on any atom is 0.435 e. The van der Waals surface area contributed by atoms with Gasteiger partial charge in [0, 0.05) is 51.7 Å². The van der Waals surface area contributed by atoms with Crippen LogP contribution >= 0.6 is 11.6 Å². The number of nitrogens with one attached hydrogen (secondary N) is 2. The molecule has 1 aliphatic carbocycles. The van der Waals surface area contributed by atoms with E-state index in [1.165, 1.54) is 46.9 Å². The number of carbonyl (C=O) groups excluding carboxylic acids is 3. The van der Waals surface area contributed by atoms with Gasteiger partial charge in [-0.3, -0.25) is 19.1 Å². The van der Waals surface area contributed by atoms with Gasteiger partial charge in [0.25, 0.3) is 11.8 Å². The number of benzene rings is 1. The van der Waals surface area contributed by atoms with E-state index in [0.29, 0.717) is 39.1 Å². The van der Waals surface area contributed by atoms with Crippen LogP contribution in [0.4, 0.5) is 18.9 Å².